The van der Waals surface area contributed by atoms with Crippen LogP contribution in [0.3, 0.4) is 0 Å². The molecule has 4 aromatic rings. The smallest absolute Gasteiger partial charge is 0.248 e. The third-order valence-electron chi connectivity index (χ3n) is 7.27. The highest BCUT2D eigenvalue weighted by Gasteiger charge is 2.38. The molecule has 0 saturated carbocycles. The van der Waals surface area contributed by atoms with Gasteiger partial charge in [-0.15, -0.1) is 0 Å². The van der Waals surface area contributed by atoms with E-state index in [1.165, 1.54) is 13.0 Å². The molecule has 41 heavy (non-hydrogen) atoms. The average molecular weight is 622 g/mol. The zero-order chi connectivity index (χ0) is 29.6. The molecule has 1 N–H and O–H groups in total. The first-order chi connectivity index (χ1) is 19.4. The number of halogens is 2. The Kier molecular flexibility index (Phi) is 7.69. The van der Waals surface area contributed by atoms with Gasteiger partial charge in [0.05, 0.1) is 5.52 Å². The van der Waals surface area contributed by atoms with Crippen molar-refractivity contribution in [2.75, 3.05) is 11.9 Å². The van der Waals surface area contributed by atoms with Gasteiger partial charge in [-0.05, 0) is 83.9 Å². The molecule has 0 unspecified atom stereocenters. The topological polar surface area (TPSA) is 123 Å². The predicted octanol–water partition coefficient (Wildman–Crippen LogP) is 4.79. The SMILES string of the molecule is CC(=O)c1nn(CC(=O)N2C[C@@H](C)C[C@H]2C(=O)Nc2nc(Br)c(F)cc2C)c2c(C)cc(-c3cnc(C)nc3)cc12. The molecule has 1 fully saturated rings. The van der Waals surface area contributed by atoms with Crippen molar-refractivity contribution in [1.82, 2.24) is 29.6 Å². The van der Waals surface area contributed by atoms with Crippen molar-refractivity contribution >= 4 is 50.2 Å². The summed E-state index contributed by atoms with van der Waals surface area (Å²) in [7, 11) is 0. The lowest BCUT2D eigenvalue weighted by Crippen LogP contribution is -2.44. The molecule has 1 aromatic carbocycles. The van der Waals surface area contributed by atoms with Gasteiger partial charge in [0.25, 0.3) is 0 Å². The number of aryl methyl sites for hydroxylation is 3. The highest BCUT2D eigenvalue weighted by Crippen LogP contribution is 2.31. The fourth-order valence-corrected chi connectivity index (χ4v) is 5.58. The summed E-state index contributed by atoms with van der Waals surface area (Å²) >= 11 is 3.05. The van der Waals surface area contributed by atoms with Crippen LogP contribution in [-0.4, -0.2) is 59.8 Å². The van der Waals surface area contributed by atoms with Gasteiger partial charge < -0.3 is 10.2 Å². The van der Waals surface area contributed by atoms with Crippen LogP contribution < -0.4 is 5.32 Å². The number of nitrogens with one attached hydrogen (secondary N) is 1. The van der Waals surface area contributed by atoms with E-state index in [1.807, 2.05) is 32.9 Å². The number of pyridine rings is 1. The molecule has 0 bridgehead atoms. The van der Waals surface area contributed by atoms with E-state index in [0.717, 1.165) is 16.7 Å². The van der Waals surface area contributed by atoms with Crippen LogP contribution in [0.4, 0.5) is 10.2 Å². The van der Waals surface area contributed by atoms with E-state index in [0.29, 0.717) is 35.3 Å². The van der Waals surface area contributed by atoms with E-state index in [-0.39, 0.29) is 40.3 Å². The quantitative estimate of drug-likeness (QED) is 0.242. The Morgan fingerprint density at radius 2 is 1.78 bits per heavy atom. The van der Waals surface area contributed by atoms with Gasteiger partial charge in [0.2, 0.25) is 11.8 Å². The molecule has 3 aromatic heterocycles. The van der Waals surface area contributed by atoms with Gasteiger partial charge in [-0.25, -0.2) is 19.3 Å². The van der Waals surface area contributed by atoms with Crippen LogP contribution in [0.5, 0.6) is 0 Å². The molecule has 4 heterocycles. The number of carbonyl (C=O) groups is 3. The highest BCUT2D eigenvalue weighted by molar-refractivity contribution is 9.10. The molecule has 0 aliphatic carbocycles. The summed E-state index contributed by atoms with van der Waals surface area (Å²) < 4.78 is 15.4. The van der Waals surface area contributed by atoms with Crippen LogP contribution in [0.25, 0.3) is 22.0 Å². The van der Waals surface area contributed by atoms with Gasteiger partial charge in [-0.1, -0.05) is 6.92 Å². The number of ketones is 1. The van der Waals surface area contributed by atoms with Crippen molar-refractivity contribution in [2.45, 2.75) is 53.6 Å². The fraction of sp³-hybridized carbons (Fsp3) is 0.345. The molecule has 1 saturated heterocycles. The molecule has 2 amide bonds. The van der Waals surface area contributed by atoms with Crippen molar-refractivity contribution in [3.05, 3.63) is 63.7 Å². The van der Waals surface area contributed by atoms with Crippen molar-refractivity contribution in [3.63, 3.8) is 0 Å². The lowest BCUT2D eigenvalue weighted by molar-refractivity contribution is -0.137. The largest absolute Gasteiger partial charge is 0.329 e. The summed E-state index contributed by atoms with van der Waals surface area (Å²) in [6, 6.07) is 4.37. The number of aromatic nitrogens is 5. The number of Topliss-reactive ketones (excluding diaryl/α,β-unsaturated/α-hetero) is 1. The number of hydrogen-bond acceptors (Lipinski definition) is 7. The summed E-state index contributed by atoms with van der Waals surface area (Å²) in [4.78, 5) is 53.7. The Morgan fingerprint density at radius 1 is 1.07 bits per heavy atom. The van der Waals surface area contributed by atoms with Crippen molar-refractivity contribution in [3.8, 4) is 11.1 Å². The average Bonchev–Trinajstić information content (AvgIpc) is 3.49. The third kappa shape index (κ3) is 5.61. The second-order valence-electron chi connectivity index (χ2n) is 10.6. The molecule has 0 spiro atoms. The number of nitrogens with zero attached hydrogens (tertiary/aromatic N) is 6. The molecular weight excluding hydrogens is 593 g/mol. The summed E-state index contributed by atoms with van der Waals surface area (Å²) in [5.74, 6) is -0.475. The van der Waals surface area contributed by atoms with Crippen LogP contribution in [-0.2, 0) is 16.1 Å². The normalized spacial score (nSPS) is 16.8. The summed E-state index contributed by atoms with van der Waals surface area (Å²) in [6.45, 7) is 9.02. The Hall–Kier alpha value is -4.06. The maximum atomic E-state index is 13.8. The zero-order valence-corrected chi connectivity index (χ0v) is 24.9. The van der Waals surface area contributed by atoms with Gasteiger partial charge in [-0.2, -0.15) is 5.10 Å². The van der Waals surface area contributed by atoms with Gasteiger partial charge in [-0.3, -0.25) is 19.1 Å². The van der Waals surface area contributed by atoms with E-state index in [9.17, 15) is 18.8 Å². The lowest BCUT2D eigenvalue weighted by Gasteiger charge is -2.24. The Balaban J connectivity index is 1.44. The minimum absolute atomic E-state index is 0.00797. The Bertz CT molecular complexity index is 1700. The number of carbonyl (C=O) groups excluding carboxylic acids is 3. The maximum absolute atomic E-state index is 13.8. The molecular formula is C29H29BrFN7O3. The molecule has 0 radical (unpaired) electrons. The molecule has 212 valence electrons. The van der Waals surface area contributed by atoms with E-state index in [2.05, 4.69) is 41.3 Å². The van der Waals surface area contributed by atoms with E-state index in [1.54, 1.807) is 28.9 Å². The number of amides is 2. The Morgan fingerprint density at radius 3 is 2.46 bits per heavy atom. The number of benzene rings is 1. The number of likely N-dealkylation sites (tertiary alicyclic amines) is 1. The van der Waals surface area contributed by atoms with Crippen molar-refractivity contribution in [1.29, 1.82) is 0 Å². The first-order valence-corrected chi connectivity index (χ1v) is 14.0. The number of rotatable bonds is 6. The second-order valence-corrected chi connectivity index (χ2v) is 11.3. The van der Waals surface area contributed by atoms with Crippen LogP contribution in [0, 0.1) is 32.5 Å². The maximum Gasteiger partial charge on any atom is 0.248 e. The highest BCUT2D eigenvalue weighted by atomic mass is 79.9. The van der Waals surface area contributed by atoms with Gasteiger partial charge in [0.1, 0.15) is 34.5 Å². The van der Waals surface area contributed by atoms with Crippen LogP contribution in [0.15, 0.2) is 35.2 Å². The second kappa shape index (κ2) is 11.1. The summed E-state index contributed by atoms with van der Waals surface area (Å²) in [5.41, 5.74) is 3.87. The molecule has 12 heteroatoms. The summed E-state index contributed by atoms with van der Waals surface area (Å²) in [5, 5.41) is 7.92. The fourth-order valence-electron chi connectivity index (χ4n) is 5.28. The molecule has 2 atom stereocenters. The van der Waals surface area contributed by atoms with Gasteiger partial charge >= 0.3 is 0 Å². The van der Waals surface area contributed by atoms with Crippen LogP contribution >= 0.6 is 15.9 Å². The van der Waals surface area contributed by atoms with E-state index >= 15 is 0 Å². The van der Waals surface area contributed by atoms with E-state index in [4.69, 9.17) is 0 Å². The number of anilines is 1. The molecule has 10 nitrogen and oxygen atoms in total. The predicted molar refractivity (Wildman–Crippen MR) is 155 cm³/mol. The molecule has 5 rings (SSSR count). The van der Waals surface area contributed by atoms with Gasteiger partial charge in [0, 0.05) is 36.8 Å². The number of hydrogen-bond donors (Lipinski definition) is 1. The summed E-state index contributed by atoms with van der Waals surface area (Å²) in [6.07, 6.45) is 3.93. The van der Waals surface area contributed by atoms with Crippen molar-refractivity contribution < 1.29 is 18.8 Å². The number of fused-ring (bicyclic) bond motifs is 1. The molecule has 1 aliphatic heterocycles. The zero-order valence-electron chi connectivity index (χ0n) is 23.3. The van der Waals surface area contributed by atoms with Crippen LogP contribution in [0.2, 0.25) is 0 Å². The first kappa shape index (κ1) is 28.5. The molecule has 1 aliphatic rings. The lowest BCUT2D eigenvalue weighted by atomic mass is 10.0. The third-order valence-corrected chi connectivity index (χ3v) is 7.82. The van der Waals surface area contributed by atoms with Gasteiger partial charge in [0.15, 0.2) is 11.6 Å². The minimum Gasteiger partial charge on any atom is -0.329 e. The Labute approximate surface area is 244 Å². The minimum atomic E-state index is -0.731. The van der Waals surface area contributed by atoms with E-state index < -0.39 is 17.8 Å². The van der Waals surface area contributed by atoms with Crippen molar-refractivity contribution in [2.24, 2.45) is 5.92 Å². The monoisotopic (exact) mass is 621 g/mol. The standard InChI is InChI=1S/C29H29BrFN7O3/c1-14-6-23(29(41)35-28-16(3)8-22(31)27(30)34-28)37(12-14)24(40)13-38-26-15(2)7-19(20-10-32-18(5)33-11-20)9-21(26)25(36-38)17(4)39/h7-11,14,23H,6,12-13H2,1-5H3,(H,34,35,41)/t14-,23-/m0/s1. The first-order valence-electron chi connectivity index (χ1n) is 13.2. The van der Waals surface area contributed by atoms with Crippen LogP contribution in [0.1, 0.15) is 47.7 Å².